The molecule has 4 N–H and O–H groups in total. The molecule has 0 aliphatic rings. The van der Waals surface area contributed by atoms with Crippen LogP contribution < -0.4 is 11.3 Å². The lowest BCUT2D eigenvalue weighted by Gasteiger charge is -2.03. The average Bonchev–Trinajstić information content (AvgIpc) is 2.16. The molecule has 12 heavy (non-hydrogen) atoms. The Morgan fingerprint density at radius 3 is 2.75 bits per heavy atom. The van der Waals surface area contributed by atoms with E-state index in [1.54, 1.807) is 24.3 Å². The fourth-order valence-corrected chi connectivity index (χ4v) is 0.957. The van der Waals surface area contributed by atoms with Crippen LogP contribution in [0.2, 0.25) is 0 Å². The number of nitrogen functional groups attached to an aromatic ring is 1. The Labute approximate surface area is 70.0 Å². The van der Waals surface area contributed by atoms with E-state index in [0.29, 0.717) is 11.1 Å². The van der Waals surface area contributed by atoms with Crippen LogP contribution in [0.4, 0.5) is 0 Å². The predicted octanol–water partition coefficient (Wildman–Crippen LogP) is -0.218. The number of carbonyl (C=O) groups is 1. The summed E-state index contributed by atoms with van der Waals surface area (Å²) in [5.74, 6) is 4.56. The number of hydrazine groups is 1. The lowest BCUT2D eigenvalue weighted by molar-refractivity contribution is 0.0950. The topological polar surface area (TPSA) is 75.3 Å². The Hall–Kier alpha value is -1.39. The third kappa shape index (κ3) is 1.61. The van der Waals surface area contributed by atoms with E-state index < -0.39 is 0 Å². The number of aliphatic hydroxyl groups is 1. The van der Waals surface area contributed by atoms with Gasteiger partial charge >= 0.3 is 0 Å². The molecule has 4 heteroatoms. The molecule has 0 saturated carbocycles. The lowest BCUT2D eigenvalue weighted by Crippen LogP contribution is -2.30. The van der Waals surface area contributed by atoms with Gasteiger partial charge in [-0.2, -0.15) is 0 Å². The van der Waals surface area contributed by atoms with Crippen LogP contribution in [0.5, 0.6) is 0 Å². The van der Waals surface area contributed by atoms with E-state index in [9.17, 15) is 4.79 Å². The van der Waals surface area contributed by atoms with Gasteiger partial charge < -0.3 is 5.11 Å². The number of hydrogen-bond donors (Lipinski definition) is 3. The summed E-state index contributed by atoms with van der Waals surface area (Å²) in [5, 5.41) is 8.84. The molecule has 4 nitrogen and oxygen atoms in total. The number of nitrogens with one attached hydrogen (secondary N) is 1. The molecule has 1 amide bonds. The summed E-state index contributed by atoms with van der Waals surface area (Å²) in [6.07, 6.45) is 0. The van der Waals surface area contributed by atoms with Crippen LogP contribution in [0.3, 0.4) is 0 Å². The number of nitrogens with two attached hydrogens (primary N) is 1. The minimum atomic E-state index is -0.389. The zero-order chi connectivity index (χ0) is 8.97. The van der Waals surface area contributed by atoms with Gasteiger partial charge in [-0.25, -0.2) is 5.84 Å². The Balaban J connectivity index is 3.04. The van der Waals surface area contributed by atoms with Crippen molar-refractivity contribution in [1.82, 2.24) is 5.43 Å². The molecule has 0 aliphatic carbocycles. The minimum absolute atomic E-state index is 0.163. The van der Waals surface area contributed by atoms with Crippen molar-refractivity contribution in [2.75, 3.05) is 0 Å². The van der Waals surface area contributed by atoms with Crippen LogP contribution in [-0.2, 0) is 6.61 Å². The molecule has 0 bridgehead atoms. The van der Waals surface area contributed by atoms with E-state index >= 15 is 0 Å². The molecule has 0 aliphatic heterocycles. The quantitative estimate of drug-likeness (QED) is 0.323. The van der Waals surface area contributed by atoms with Gasteiger partial charge in [-0.3, -0.25) is 10.2 Å². The molecule has 0 aromatic heterocycles. The van der Waals surface area contributed by atoms with Gasteiger partial charge in [-0.15, -0.1) is 0 Å². The molecule has 0 unspecified atom stereocenters. The Morgan fingerprint density at radius 2 is 2.17 bits per heavy atom. The first-order valence-electron chi connectivity index (χ1n) is 3.49. The summed E-state index contributed by atoms with van der Waals surface area (Å²) in [6, 6.07) is 6.74. The van der Waals surface area contributed by atoms with Gasteiger partial charge in [0.2, 0.25) is 0 Å². The average molecular weight is 166 g/mol. The minimum Gasteiger partial charge on any atom is -0.392 e. The monoisotopic (exact) mass is 166 g/mol. The van der Waals surface area contributed by atoms with Gasteiger partial charge in [0, 0.05) is 5.56 Å². The van der Waals surface area contributed by atoms with E-state index in [-0.39, 0.29) is 12.5 Å². The van der Waals surface area contributed by atoms with Gasteiger partial charge in [0.05, 0.1) is 6.61 Å². The van der Waals surface area contributed by atoms with Crippen LogP contribution in [0.25, 0.3) is 0 Å². The zero-order valence-corrected chi connectivity index (χ0v) is 6.45. The molecule has 0 heterocycles. The summed E-state index contributed by atoms with van der Waals surface area (Å²) in [5.41, 5.74) is 2.98. The molecule has 0 spiro atoms. The molecular formula is C8H10N2O2. The Kier molecular flexibility index (Phi) is 2.79. The van der Waals surface area contributed by atoms with Crippen molar-refractivity contribution in [2.24, 2.45) is 5.84 Å². The van der Waals surface area contributed by atoms with Crippen LogP contribution >= 0.6 is 0 Å². The summed E-state index contributed by atoms with van der Waals surface area (Å²) >= 11 is 0. The number of amides is 1. The zero-order valence-electron chi connectivity index (χ0n) is 6.45. The van der Waals surface area contributed by atoms with Crippen LogP contribution in [0, 0.1) is 0 Å². The summed E-state index contributed by atoms with van der Waals surface area (Å²) < 4.78 is 0. The van der Waals surface area contributed by atoms with Gasteiger partial charge in [-0.1, -0.05) is 18.2 Å². The third-order valence-electron chi connectivity index (χ3n) is 1.56. The van der Waals surface area contributed by atoms with Crippen molar-refractivity contribution in [3.05, 3.63) is 35.4 Å². The van der Waals surface area contributed by atoms with Gasteiger partial charge in [-0.05, 0) is 11.6 Å². The van der Waals surface area contributed by atoms with Crippen molar-refractivity contribution in [2.45, 2.75) is 6.61 Å². The van der Waals surface area contributed by atoms with E-state index in [4.69, 9.17) is 10.9 Å². The lowest BCUT2D eigenvalue weighted by atomic mass is 10.1. The Bertz CT molecular complexity index is 286. The Morgan fingerprint density at radius 1 is 1.50 bits per heavy atom. The van der Waals surface area contributed by atoms with E-state index in [0.717, 1.165) is 0 Å². The van der Waals surface area contributed by atoms with E-state index in [2.05, 4.69) is 0 Å². The van der Waals surface area contributed by atoms with Crippen molar-refractivity contribution in [3.8, 4) is 0 Å². The van der Waals surface area contributed by atoms with Gasteiger partial charge in [0.25, 0.3) is 5.91 Å². The number of aliphatic hydroxyl groups excluding tert-OH is 1. The largest absolute Gasteiger partial charge is 0.392 e. The first-order valence-corrected chi connectivity index (χ1v) is 3.49. The maximum Gasteiger partial charge on any atom is 0.265 e. The smallest absolute Gasteiger partial charge is 0.265 e. The second-order valence-electron chi connectivity index (χ2n) is 2.29. The SMILES string of the molecule is NNC(=O)c1ccccc1CO. The normalized spacial score (nSPS) is 9.50. The highest BCUT2D eigenvalue weighted by atomic mass is 16.3. The highest BCUT2D eigenvalue weighted by Crippen LogP contribution is 2.07. The highest BCUT2D eigenvalue weighted by Gasteiger charge is 2.07. The second-order valence-corrected chi connectivity index (χ2v) is 2.29. The molecule has 0 saturated heterocycles. The van der Waals surface area contributed by atoms with Crippen LogP contribution in [0.15, 0.2) is 24.3 Å². The summed E-state index contributed by atoms with van der Waals surface area (Å²) in [4.78, 5) is 11.0. The number of benzene rings is 1. The van der Waals surface area contributed by atoms with Gasteiger partial charge in [0.15, 0.2) is 0 Å². The summed E-state index contributed by atoms with van der Waals surface area (Å²) in [7, 11) is 0. The van der Waals surface area contributed by atoms with Crippen LogP contribution in [-0.4, -0.2) is 11.0 Å². The molecule has 0 atom stereocenters. The number of carbonyl (C=O) groups excluding carboxylic acids is 1. The van der Waals surface area contributed by atoms with E-state index in [1.165, 1.54) is 0 Å². The maximum absolute atomic E-state index is 11.0. The second kappa shape index (κ2) is 3.85. The molecule has 0 radical (unpaired) electrons. The fourth-order valence-electron chi connectivity index (χ4n) is 0.957. The third-order valence-corrected chi connectivity index (χ3v) is 1.56. The van der Waals surface area contributed by atoms with Gasteiger partial charge in [0.1, 0.15) is 0 Å². The molecule has 64 valence electrons. The standard InChI is InChI=1S/C8H10N2O2/c9-10-8(12)7-4-2-1-3-6(7)5-11/h1-4,11H,5,9H2,(H,10,12). The molecule has 1 rings (SSSR count). The van der Waals surface area contributed by atoms with E-state index in [1.807, 2.05) is 5.43 Å². The number of hydrogen-bond acceptors (Lipinski definition) is 3. The molecule has 0 fully saturated rings. The number of rotatable bonds is 2. The highest BCUT2D eigenvalue weighted by molar-refractivity contribution is 5.95. The first kappa shape index (κ1) is 8.70. The molecular weight excluding hydrogens is 156 g/mol. The maximum atomic E-state index is 11.0. The fraction of sp³-hybridized carbons (Fsp3) is 0.125. The van der Waals surface area contributed by atoms with Crippen molar-refractivity contribution in [1.29, 1.82) is 0 Å². The van der Waals surface area contributed by atoms with Crippen LogP contribution in [0.1, 0.15) is 15.9 Å². The van der Waals surface area contributed by atoms with Crippen molar-refractivity contribution in [3.63, 3.8) is 0 Å². The molecule has 1 aromatic rings. The van der Waals surface area contributed by atoms with Crippen molar-refractivity contribution >= 4 is 5.91 Å². The first-order chi connectivity index (χ1) is 5.79. The summed E-state index contributed by atoms with van der Waals surface area (Å²) in [6.45, 7) is -0.163. The molecule has 1 aromatic carbocycles. The predicted molar refractivity (Wildman–Crippen MR) is 44.0 cm³/mol. The van der Waals surface area contributed by atoms with Crippen molar-refractivity contribution < 1.29 is 9.90 Å².